The van der Waals surface area contributed by atoms with E-state index >= 15 is 0 Å². The summed E-state index contributed by atoms with van der Waals surface area (Å²) in [6.45, 7) is 5.88. The summed E-state index contributed by atoms with van der Waals surface area (Å²) in [5.74, 6) is -0.0808. The largest absolute Gasteiger partial charge is 0.508 e. The van der Waals surface area contributed by atoms with Crippen LogP contribution in [0, 0.1) is 10.1 Å². The van der Waals surface area contributed by atoms with Crippen LogP contribution in [0.15, 0.2) is 18.2 Å². The quantitative estimate of drug-likeness (QED) is 0.646. The maximum Gasteiger partial charge on any atom is 0.411 e. The number of carbonyl (C=O) groups excluding carboxylic acids is 1. The lowest BCUT2D eigenvalue weighted by molar-refractivity contribution is -0.384. The van der Waals surface area contributed by atoms with Crippen molar-refractivity contribution in [3.8, 4) is 5.75 Å². The fourth-order valence-electron chi connectivity index (χ4n) is 2.60. The maximum atomic E-state index is 12.4. The van der Waals surface area contributed by atoms with E-state index in [-0.39, 0.29) is 17.1 Å². The number of ether oxygens (including phenoxy) is 1. The Hall–Kier alpha value is -2.51. The van der Waals surface area contributed by atoms with E-state index < -0.39 is 22.8 Å². The first-order chi connectivity index (χ1) is 11.2. The van der Waals surface area contributed by atoms with Gasteiger partial charge >= 0.3 is 6.09 Å². The van der Waals surface area contributed by atoms with Gasteiger partial charge in [-0.1, -0.05) is 0 Å². The second kappa shape index (κ2) is 6.94. The van der Waals surface area contributed by atoms with Gasteiger partial charge in [0, 0.05) is 18.7 Å². The molecule has 8 heteroatoms. The molecule has 1 saturated heterocycles. The predicted molar refractivity (Wildman–Crippen MR) is 89.0 cm³/mol. The lowest BCUT2D eigenvalue weighted by Crippen LogP contribution is -2.49. The van der Waals surface area contributed by atoms with Gasteiger partial charge in [-0.15, -0.1) is 0 Å². The summed E-state index contributed by atoms with van der Waals surface area (Å²) in [7, 11) is 0. The van der Waals surface area contributed by atoms with Crippen molar-refractivity contribution in [3.63, 3.8) is 0 Å². The van der Waals surface area contributed by atoms with Gasteiger partial charge in [0.05, 0.1) is 4.92 Å². The summed E-state index contributed by atoms with van der Waals surface area (Å²) >= 11 is 0. The first-order valence-electron chi connectivity index (χ1n) is 7.91. The van der Waals surface area contributed by atoms with Crippen molar-refractivity contribution in [2.45, 2.75) is 51.8 Å². The number of nitro groups is 1. The smallest absolute Gasteiger partial charge is 0.411 e. The highest BCUT2D eigenvalue weighted by molar-refractivity contribution is 5.70. The number of phenols is 1. The predicted octanol–water partition coefficient (Wildman–Crippen LogP) is 3.46. The third-order valence-electron chi connectivity index (χ3n) is 3.63. The number of hydrogen-bond donors (Lipinski definition) is 2. The minimum Gasteiger partial charge on any atom is -0.508 e. The molecule has 1 aromatic rings. The normalized spacial score (nSPS) is 18.1. The molecule has 2 N–H and O–H groups in total. The molecule has 0 spiro atoms. The Bertz CT molecular complexity index is 627. The van der Waals surface area contributed by atoms with Crippen LogP contribution < -0.4 is 5.32 Å². The van der Waals surface area contributed by atoms with E-state index in [0.717, 1.165) is 12.8 Å². The van der Waals surface area contributed by atoms with E-state index in [1.54, 1.807) is 25.7 Å². The molecule has 2 rings (SSSR count). The number of likely N-dealkylation sites (tertiary alicyclic amines) is 1. The number of nitro benzene ring substituents is 1. The molecule has 1 unspecified atom stereocenters. The molecular formula is C16H23N3O5. The van der Waals surface area contributed by atoms with E-state index in [4.69, 9.17) is 4.74 Å². The fourth-order valence-corrected chi connectivity index (χ4v) is 2.60. The topological polar surface area (TPSA) is 105 Å². The zero-order valence-electron chi connectivity index (χ0n) is 14.1. The summed E-state index contributed by atoms with van der Waals surface area (Å²) in [5, 5.41) is 23.8. The van der Waals surface area contributed by atoms with Gasteiger partial charge in [-0.25, -0.2) is 4.79 Å². The molecule has 132 valence electrons. The minimum absolute atomic E-state index is 0.0808. The van der Waals surface area contributed by atoms with Crippen LogP contribution in [0.25, 0.3) is 0 Å². The van der Waals surface area contributed by atoms with E-state index in [9.17, 15) is 20.0 Å². The van der Waals surface area contributed by atoms with Crippen molar-refractivity contribution in [1.29, 1.82) is 0 Å². The number of hydrogen-bond acceptors (Lipinski definition) is 6. The Balaban J connectivity index is 2.21. The summed E-state index contributed by atoms with van der Waals surface area (Å²) in [5.41, 5.74) is -0.584. The Morgan fingerprint density at radius 3 is 2.75 bits per heavy atom. The van der Waals surface area contributed by atoms with Crippen molar-refractivity contribution in [3.05, 3.63) is 28.3 Å². The molecule has 0 aliphatic carbocycles. The number of nitrogens with one attached hydrogen (secondary N) is 1. The number of anilines is 1. The molecule has 1 amide bonds. The van der Waals surface area contributed by atoms with Crippen LogP contribution in [0.2, 0.25) is 0 Å². The summed E-state index contributed by atoms with van der Waals surface area (Å²) in [6, 6.07) is 3.79. The Morgan fingerprint density at radius 2 is 2.12 bits per heavy atom. The molecule has 1 heterocycles. The van der Waals surface area contributed by atoms with E-state index in [1.807, 2.05) is 0 Å². The monoisotopic (exact) mass is 337 g/mol. The first-order valence-corrected chi connectivity index (χ1v) is 7.91. The summed E-state index contributed by atoms with van der Waals surface area (Å²) < 4.78 is 5.41. The molecule has 0 saturated carbocycles. The van der Waals surface area contributed by atoms with Crippen LogP contribution in [0.3, 0.4) is 0 Å². The fraction of sp³-hybridized carbons (Fsp3) is 0.562. The molecule has 0 aromatic heterocycles. The first kappa shape index (κ1) is 17.8. The third kappa shape index (κ3) is 4.50. The van der Waals surface area contributed by atoms with Gasteiger partial charge in [0.25, 0.3) is 5.69 Å². The van der Waals surface area contributed by atoms with Gasteiger partial charge in [0.2, 0.25) is 0 Å². The van der Waals surface area contributed by atoms with Gasteiger partial charge < -0.3 is 15.2 Å². The van der Waals surface area contributed by atoms with Crippen molar-refractivity contribution >= 4 is 17.5 Å². The molecule has 1 aliphatic heterocycles. The zero-order chi connectivity index (χ0) is 17.9. The van der Waals surface area contributed by atoms with Gasteiger partial charge in [0.1, 0.15) is 23.2 Å². The summed E-state index contributed by atoms with van der Waals surface area (Å²) in [4.78, 5) is 24.6. The number of rotatable bonds is 3. The van der Waals surface area contributed by atoms with Crippen LogP contribution in [-0.2, 0) is 4.74 Å². The number of nitrogens with zero attached hydrogens (tertiary/aromatic N) is 2. The van der Waals surface area contributed by atoms with Crippen molar-refractivity contribution < 1.29 is 19.6 Å². The average molecular weight is 337 g/mol. The zero-order valence-corrected chi connectivity index (χ0v) is 14.1. The SMILES string of the molecule is CC(C)(C)OC(=O)N1CCCCC1Nc1cc(O)ccc1[N+](=O)[O-]. The molecular weight excluding hydrogens is 314 g/mol. The number of benzene rings is 1. The van der Waals surface area contributed by atoms with E-state index in [0.29, 0.717) is 13.0 Å². The van der Waals surface area contributed by atoms with E-state index in [2.05, 4.69) is 5.32 Å². The third-order valence-corrected chi connectivity index (χ3v) is 3.63. The highest BCUT2D eigenvalue weighted by Crippen LogP contribution is 2.31. The van der Waals surface area contributed by atoms with E-state index in [1.165, 1.54) is 18.2 Å². The molecule has 0 bridgehead atoms. The number of carbonyl (C=O) groups is 1. The molecule has 24 heavy (non-hydrogen) atoms. The lowest BCUT2D eigenvalue weighted by atomic mass is 10.1. The average Bonchev–Trinajstić information content (AvgIpc) is 2.45. The van der Waals surface area contributed by atoms with Gasteiger partial charge in [0.15, 0.2) is 0 Å². The standard InChI is InChI=1S/C16H23N3O5/c1-16(2,3)24-15(21)18-9-5-4-6-14(18)17-12-10-11(20)7-8-13(12)19(22)23/h7-8,10,14,17,20H,4-6,9H2,1-3H3. The van der Waals surface area contributed by atoms with Gasteiger partial charge in [-0.3, -0.25) is 15.0 Å². The molecule has 1 aromatic carbocycles. The molecule has 1 atom stereocenters. The molecule has 0 radical (unpaired) electrons. The van der Waals surface area contributed by atoms with Crippen molar-refractivity contribution in [2.75, 3.05) is 11.9 Å². The number of phenolic OH excluding ortho intramolecular Hbond substituents is 1. The van der Waals surface area contributed by atoms with Crippen LogP contribution in [0.1, 0.15) is 40.0 Å². The molecule has 1 fully saturated rings. The molecule has 8 nitrogen and oxygen atoms in total. The second-order valence-corrected chi connectivity index (χ2v) is 6.79. The highest BCUT2D eigenvalue weighted by Gasteiger charge is 2.31. The van der Waals surface area contributed by atoms with Gasteiger partial charge in [-0.2, -0.15) is 0 Å². The highest BCUT2D eigenvalue weighted by atomic mass is 16.6. The molecule has 1 aliphatic rings. The van der Waals surface area contributed by atoms with Crippen molar-refractivity contribution in [1.82, 2.24) is 4.90 Å². The number of piperidine rings is 1. The Morgan fingerprint density at radius 1 is 1.42 bits per heavy atom. The van der Waals surface area contributed by atoms with Crippen LogP contribution in [0.5, 0.6) is 5.75 Å². The maximum absolute atomic E-state index is 12.4. The minimum atomic E-state index is -0.615. The Labute approximate surface area is 140 Å². The van der Waals surface area contributed by atoms with Crippen molar-refractivity contribution in [2.24, 2.45) is 0 Å². The van der Waals surface area contributed by atoms with Gasteiger partial charge in [-0.05, 0) is 46.1 Å². The van der Waals surface area contributed by atoms with Crippen LogP contribution in [-0.4, -0.2) is 39.3 Å². The Kier molecular flexibility index (Phi) is 5.16. The lowest BCUT2D eigenvalue weighted by Gasteiger charge is -2.37. The van der Waals surface area contributed by atoms with Crippen LogP contribution in [0.4, 0.5) is 16.2 Å². The summed E-state index contributed by atoms with van der Waals surface area (Å²) in [6.07, 6.45) is 1.51. The number of aromatic hydroxyl groups is 1. The number of amides is 1. The van der Waals surface area contributed by atoms with Crippen LogP contribution >= 0.6 is 0 Å². The second-order valence-electron chi connectivity index (χ2n) is 6.79.